The van der Waals surface area contributed by atoms with Gasteiger partial charge in [-0.25, -0.2) is 0 Å². The molecule has 0 spiro atoms. The van der Waals surface area contributed by atoms with E-state index in [0.717, 1.165) is 19.0 Å². The van der Waals surface area contributed by atoms with Gasteiger partial charge in [-0.2, -0.15) is 37.9 Å². The molecule has 0 bridgehead atoms. The van der Waals surface area contributed by atoms with E-state index in [1.807, 2.05) is 0 Å². The monoisotopic (exact) mass is 186 g/mol. The van der Waals surface area contributed by atoms with Crippen LogP contribution in [0.1, 0.15) is 12.8 Å². The molecule has 0 N–H and O–H groups in total. The second-order valence-corrected chi connectivity index (χ2v) is 5.59. The fraction of sp³-hybridized carbons (Fsp3) is 1.00. The molecule has 0 aliphatic rings. The smallest absolute Gasteiger partial charge is 0.0980 e. The van der Waals surface area contributed by atoms with Crippen LogP contribution < -0.4 is 0 Å². The summed E-state index contributed by atoms with van der Waals surface area (Å²) in [6.45, 7) is 0. The highest BCUT2D eigenvalue weighted by Gasteiger charge is 2.11. The Bertz CT molecular complexity index is 58.8. The quantitative estimate of drug-likeness (QED) is 0.335. The van der Waals surface area contributed by atoms with Gasteiger partial charge >= 0.3 is 0 Å². The highest BCUT2D eigenvalue weighted by molar-refractivity contribution is 8.16. The van der Waals surface area contributed by atoms with Crippen molar-refractivity contribution in [2.45, 2.75) is 16.3 Å². The lowest BCUT2D eigenvalue weighted by atomic mass is 10.4. The van der Waals surface area contributed by atoms with E-state index in [1.165, 1.54) is 0 Å². The molecule has 4 heteroatoms. The van der Waals surface area contributed by atoms with Gasteiger partial charge in [0.15, 0.2) is 0 Å². The van der Waals surface area contributed by atoms with Crippen molar-refractivity contribution < 1.29 is 0 Å². The zero-order chi connectivity index (χ0) is 6.62. The molecule has 1 unspecified atom stereocenters. The minimum absolute atomic E-state index is 0.378. The Hall–Kier alpha value is 1.48. The van der Waals surface area contributed by atoms with Gasteiger partial charge in [0.1, 0.15) is 0 Å². The molecule has 1 atom stereocenters. The molecule has 50 valence electrons. The second-order valence-electron chi connectivity index (χ2n) is 1.67. The Morgan fingerprint density at radius 2 is 1.75 bits per heavy atom. The molecular weight excluding hydrogens is 175 g/mol. The molecule has 0 aromatic rings. The average molecular weight is 186 g/mol. The predicted molar refractivity (Wildman–Crippen MR) is 53.5 cm³/mol. The Morgan fingerprint density at radius 3 is 1.88 bits per heavy atom. The molecule has 0 saturated heterocycles. The standard InChI is InChI=1S/C4H11PS3/c5-3-1-2-4(6,7)8/h6-8H,1-3,5H2. The van der Waals surface area contributed by atoms with Crippen molar-refractivity contribution in [1.29, 1.82) is 0 Å². The zero-order valence-corrected chi connectivity index (χ0v) is 8.38. The van der Waals surface area contributed by atoms with E-state index >= 15 is 0 Å². The van der Waals surface area contributed by atoms with Gasteiger partial charge in [-0.1, -0.05) is 0 Å². The van der Waals surface area contributed by atoms with Crippen LogP contribution >= 0.6 is 47.1 Å². The molecule has 8 heavy (non-hydrogen) atoms. The highest BCUT2D eigenvalue weighted by atomic mass is 32.2. The topological polar surface area (TPSA) is 0 Å². The molecule has 0 radical (unpaired) electrons. The zero-order valence-electron chi connectivity index (χ0n) is 4.54. The highest BCUT2D eigenvalue weighted by Crippen LogP contribution is 2.29. The van der Waals surface area contributed by atoms with Crippen LogP contribution in [0.2, 0.25) is 0 Å². The number of hydrogen-bond acceptors (Lipinski definition) is 3. The molecule has 0 saturated carbocycles. The molecule has 0 aliphatic carbocycles. The lowest BCUT2D eigenvalue weighted by Crippen LogP contribution is -2.01. The van der Waals surface area contributed by atoms with E-state index in [2.05, 4.69) is 47.1 Å². The van der Waals surface area contributed by atoms with Crippen molar-refractivity contribution in [2.75, 3.05) is 6.16 Å². The summed E-state index contributed by atoms with van der Waals surface area (Å²) >= 11 is 12.3. The molecule has 0 aromatic carbocycles. The molecule has 0 aliphatic heterocycles. The molecule has 0 aromatic heterocycles. The fourth-order valence-electron chi connectivity index (χ4n) is 0.339. The van der Waals surface area contributed by atoms with Gasteiger partial charge in [-0.15, -0.1) is 9.24 Å². The van der Waals surface area contributed by atoms with Gasteiger partial charge in [-0.3, -0.25) is 0 Å². The van der Waals surface area contributed by atoms with Crippen molar-refractivity contribution in [3.05, 3.63) is 0 Å². The molecule has 0 fully saturated rings. The minimum atomic E-state index is -0.378. The van der Waals surface area contributed by atoms with Crippen LogP contribution in [-0.2, 0) is 0 Å². The molecule has 0 nitrogen and oxygen atoms in total. The lowest BCUT2D eigenvalue weighted by Gasteiger charge is -2.13. The van der Waals surface area contributed by atoms with Crippen LogP contribution in [0, 0.1) is 0 Å². The van der Waals surface area contributed by atoms with Gasteiger partial charge in [0.25, 0.3) is 0 Å². The summed E-state index contributed by atoms with van der Waals surface area (Å²) in [5, 5.41) is 0. The minimum Gasteiger partial charge on any atom is -0.151 e. The Kier molecular flexibility index (Phi) is 5.12. The van der Waals surface area contributed by atoms with E-state index in [9.17, 15) is 0 Å². The average Bonchev–Trinajstić information content (AvgIpc) is 1.59. The lowest BCUT2D eigenvalue weighted by molar-refractivity contribution is 0.861. The van der Waals surface area contributed by atoms with Crippen LogP contribution in [0.3, 0.4) is 0 Å². The van der Waals surface area contributed by atoms with Crippen LogP contribution in [0.25, 0.3) is 0 Å². The molecule has 0 heterocycles. The summed E-state index contributed by atoms with van der Waals surface area (Å²) < 4.78 is -0.378. The van der Waals surface area contributed by atoms with E-state index < -0.39 is 0 Å². The number of rotatable bonds is 3. The SMILES string of the molecule is PCCCC(S)(S)S. The van der Waals surface area contributed by atoms with E-state index in [4.69, 9.17) is 0 Å². The van der Waals surface area contributed by atoms with Crippen molar-refractivity contribution in [1.82, 2.24) is 0 Å². The van der Waals surface area contributed by atoms with Gasteiger partial charge < -0.3 is 0 Å². The number of hydrogen-bond donors (Lipinski definition) is 3. The van der Waals surface area contributed by atoms with E-state index in [-0.39, 0.29) is 3.41 Å². The Balaban J connectivity index is 3.11. The fourth-order valence-corrected chi connectivity index (χ4v) is 1.02. The predicted octanol–water partition coefficient (Wildman–Crippen LogP) is 2.08. The van der Waals surface area contributed by atoms with Crippen molar-refractivity contribution >= 4 is 47.1 Å². The van der Waals surface area contributed by atoms with Crippen LogP contribution in [0.4, 0.5) is 0 Å². The van der Waals surface area contributed by atoms with Crippen molar-refractivity contribution in [2.24, 2.45) is 0 Å². The largest absolute Gasteiger partial charge is 0.151 e. The van der Waals surface area contributed by atoms with Crippen LogP contribution in [-0.4, -0.2) is 9.57 Å². The maximum atomic E-state index is 4.11. The van der Waals surface area contributed by atoms with Crippen molar-refractivity contribution in [3.63, 3.8) is 0 Å². The molecule has 0 amide bonds. The summed E-state index contributed by atoms with van der Waals surface area (Å²) in [7, 11) is 2.66. The normalized spacial score (nSPS) is 12.0. The first-order valence-electron chi connectivity index (χ1n) is 2.43. The maximum Gasteiger partial charge on any atom is 0.0980 e. The van der Waals surface area contributed by atoms with Crippen LogP contribution in [0.15, 0.2) is 0 Å². The van der Waals surface area contributed by atoms with E-state index in [0.29, 0.717) is 0 Å². The summed E-state index contributed by atoms with van der Waals surface area (Å²) in [6, 6.07) is 0. The second kappa shape index (κ2) is 4.32. The van der Waals surface area contributed by atoms with Gasteiger partial charge in [-0.05, 0) is 19.0 Å². The summed E-state index contributed by atoms with van der Waals surface area (Å²) in [6.07, 6.45) is 3.15. The summed E-state index contributed by atoms with van der Waals surface area (Å²) in [4.78, 5) is 0. The first-order chi connectivity index (χ1) is 3.56. The van der Waals surface area contributed by atoms with Gasteiger partial charge in [0.2, 0.25) is 0 Å². The Labute approximate surface area is 69.6 Å². The summed E-state index contributed by atoms with van der Waals surface area (Å²) in [5.74, 6) is 0. The molecular formula is C4H11PS3. The maximum absolute atomic E-state index is 4.11. The first kappa shape index (κ1) is 9.48. The van der Waals surface area contributed by atoms with E-state index in [1.54, 1.807) is 0 Å². The van der Waals surface area contributed by atoms with Gasteiger partial charge in [0, 0.05) is 0 Å². The first-order valence-corrected chi connectivity index (χ1v) is 4.59. The van der Waals surface area contributed by atoms with Crippen molar-refractivity contribution in [3.8, 4) is 0 Å². The third-order valence-electron chi connectivity index (χ3n) is 0.716. The van der Waals surface area contributed by atoms with Gasteiger partial charge in [0.05, 0.1) is 3.41 Å². The summed E-state index contributed by atoms with van der Waals surface area (Å²) in [5.41, 5.74) is 0. The molecule has 0 rings (SSSR count). The third-order valence-corrected chi connectivity index (χ3v) is 1.80. The van der Waals surface area contributed by atoms with Crippen LogP contribution in [0.5, 0.6) is 0 Å². The number of thiol groups is 3. The Morgan fingerprint density at radius 1 is 1.25 bits per heavy atom. The third kappa shape index (κ3) is 7.48.